The SMILES string of the molecule is CC[C@H](C)[C@@H](C(=O)N[C@@H](Cc1ccccc1)[C@@H](O)CN(Cc1ccc(-c2ccccn2)cc1)NC(=O)[C@@H](NC(=O)O)C(C)(C)C)N1CC(=O)N(Cc2ccccn2)C1=O. The monoisotopic (exact) mass is 806 g/mol. The van der Waals surface area contributed by atoms with Crippen molar-refractivity contribution < 1.29 is 34.2 Å². The number of pyridine rings is 2. The largest absolute Gasteiger partial charge is 0.465 e. The number of hydrogen-bond acceptors (Lipinski definition) is 9. The number of imide groups is 1. The van der Waals surface area contributed by atoms with Crippen LogP contribution in [-0.4, -0.2) is 102 Å². The zero-order valence-corrected chi connectivity index (χ0v) is 34.1. The molecule has 2 aromatic carbocycles. The second-order valence-corrected chi connectivity index (χ2v) is 15.9. The molecule has 1 fully saturated rings. The summed E-state index contributed by atoms with van der Waals surface area (Å²) in [4.78, 5) is 78.1. The molecule has 5 atom stereocenters. The third kappa shape index (κ3) is 11.9. The first-order chi connectivity index (χ1) is 28.1. The highest BCUT2D eigenvalue weighted by molar-refractivity contribution is 6.04. The van der Waals surface area contributed by atoms with Crippen molar-refractivity contribution in [1.82, 2.24) is 40.8 Å². The third-order valence-corrected chi connectivity index (χ3v) is 10.4. The van der Waals surface area contributed by atoms with E-state index in [1.54, 1.807) is 51.4 Å². The van der Waals surface area contributed by atoms with E-state index in [0.717, 1.165) is 27.3 Å². The predicted octanol–water partition coefficient (Wildman–Crippen LogP) is 4.63. The highest BCUT2D eigenvalue weighted by atomic mass is 16.4. The van der Waals surface area contributed by atoms with Crippen molar-refractivity contribution >= 4 is 29.8 Å². The smallest absolute Gasteiger partial charge is 0.405 e. The molecule has 15 heteroatoms. The van der Waals surface area contributed by atoms with E-state index >= 15 is 0 Å². The summed E-state index contributed by atoms with van der Waals surface area (Å²) in [5.41, 5.74) is 5.79. The molecule has 1 saturated heterocycles. The summed E-state index contributed by atoms with van der Waals surface area (Å²) in [6.07, 6.45) is 1.31. The Morgan fingerprint density at radius 3 is 2.10 bits per heavy atom. The predicted molar refractivity (Wildman–Crippen MR) is 221 cm³/mol. The van der Waals surface area contributed by atoms with Crippen molar-refractivity contribution in [3.63, 3.8) is 0 Å². The molecule has 0 unspecified atom stereocenters. The highest BCUT2D eigenvalue weighted by Gasteiger charge is 2.45. The second-order valence-electron chi connectivity index (χ2n) is 15.9. The number of hydrazine groups is 1. The lowest BCUT2D eigenvalue weighted by molar-refractivity contribution is -0.133. The van der Waals surface area contributed by atoms with Gasteiger partial charge in [-0.1, -0.05) is 108 Å². The minimum atomic E-state index is -1.36. The number of benzene rings is 2. The van der Waals surface area contributed by atoms with Crippen LogP contribution in [0.25, 0.3) is 11.3 Å². The van der Waals surface area contributed by atoms with E-state index in [4.69, 9.17) is 0 Å². The summed E-state index contributed by atoms with van der Waals surface area (Å²) in [6.45, 7) is 8.51. The summed E-state index contributed by atoms with van der Waals surface area (Å²) in [7, 11) is 0. The van der Waals surface area contributed by atoms with Crippen LogP contribution < -0.4 is 16.1 Å². The fourth-order valence-corrected chi connectivity index (χ4v) is 6.99. The quantitative estimate of drug-likeness (QED) is 0.0699. The number of rotatable bonds is 18. The molecule has 2 aromatic heterocycles. The number of carbonyl (C=O) groups excluding carboxylic acids is 4. The van der Waals surface area contributed by atoms with Crippen molar-refractivity contribution in [1.29, 1.82) is 0 Å². The maximum absolute atomic E-state index is 14.4. The molecular weight excluding hydrogens is 753 g/mol. The van der Waals surface area contributed by atoms with Gasteiger partial charge in [0.05, 0.1) is 30.1 Å². The van der Waals surface area contributed by atoms with Crippen LogP contribution in [0.1, 0.15) is 57.9 Å². The number of aromatic nitrogens is 2. The summed E-state index contributed by atoms with van der Waals surface area (Å²) in [5, 5.41) is 28.5. The molecule has 1 aliphatic heterocycles. The van der Waals surface area contributed by atoms with Gasteiger partial charge in [-0.2, -0.15) is 0 Å². The zero-order valence-electron chi connectivity index (χ0n) is 34.1. The van der Waals surface area contributed by atoms with E-state index in [1.165, 1.54) is 9.91 Å². The molecule has 59 heavy (non-hydrogen) atoms. The fraction of sp³-hybridized carbons (Fsp3) is 0.386. The molecule has 3 heterocycles. The standard InChI is InChI=1S/C44H54N8O7/c1-6-29(2)38(52-28-37(54)51(43(52)59)26-33-16-10-12-22-45-33)40(55)47-35(24-30-14-8-7-9-15-30)36(53)27-50(49-41(56)39(44(3,4)5)48-42(57)58)25-31-18-20-32(21-19-31)34-17-11-13-23-46-34/h7-23,29,35-36,38-39,48,53H,6,24-28H2,1-5H3,(H,47,55)(H,49,56)(H,57,58)/t29-,35-,36-,38-,39+/m0/s1. The van der Waals surface area contributed by atoms with Crippen molar-refractivity contribution in [2.24, 2.45) is 11.3 Å². The van der Waals surface area contributed by atoms with Gasteiger partial charge in [0.2, 0.25) is 5.91 Å². The average Bonchev–Trinajstić information content (AvgIpc) is 3.48. The normalized spacial score (nSPS) is 15.6. The van der Waals surface area contributed by atoms with Gasteiger partial charge < -0.3 is 25.7 Å². The molecular formula is C44H54N8O7. The van der Waals surface area contributed by atoms with Gasteiger partial charge in [0, 0.05) is 31.0 Å². The van der Waals surface area contributed by atoms with E-state index in [2.05, 4.69) is 26.0 Å². The number of carbonyl (C=O) groups is 5. The molecule has 1 aliphatic rings. The molecule has 0 bridgehead atoms. The molecule has 0 spiro atoms. The number of carboxylic acid groups (broad SMARTS) is 1. The first kappa shape index (κ1) is 43.9. The number of aliphatic hydroxyl groups excluding tert-OH is 1. The average molecular weight is 807 g/mol. The molecule has 4 aromatic rings. The van der Waals surface area contributed by atoms with Gasteiger partial charge in [0.1, 0.15) is 18.6 Å². The van der Waals surface area contributed by atoms with Crippen LogP contribution >= 0.6 is 0 Å². The molecule has 15 nitrogen and oxygen atoms in total. The second kappa shape index (κ2) is 20.0. The van der Waals surface area contributed by atoms with E-state index < -0.39 is 59.5 Å². The Hall–Kier alpha value is -6.19. The van der Waals surface area contributed by atoms with Gasteiger partial charge in [-0.3, -0.25) is 34.7 Å². The van der Waals surface area contributed by atoms with Crippen LogP contribution in [0.4, 0.5) is 9.59 Å². The van der Waals surface area contributed by atoms with Crippen LogP contribution in [0, 0.1) is 11.3 Å². The number of urea groups is 1. The van der Waals surface area contributed by atoms with Gasteiger partial charge in [-0.15, -0.1) is 0 Å². The Bertz CT molecular complexity index is 2030. The Kier molecular flexibility index (Phi) is 14.9. The molecule has 5 N–H and O–H groups in total. The summed E-state index contributed by atoms with van der Waals surface area (Å²) in [5.74, 6) is -1.99. The first-order valence-electron chi connectivity index (χ1n) is 19.7. The van der Waals surface area contributed by atoms with Gasteiger partial charge in [-0.05, 0) is 53.1 Å². The molecule has 0 aliphatic carbocycles. The molecule has 5 rings (SSSR count). The highest BCUT2D eigenvalue weighted by Crippen LogP contribution is 2.25. The summed E-state index contributed by atoms with van der Waals surface area (Å²) < 4.78 is 0. The first-order valence-corrected chi connectivity index (χ1v) is 19.7. The van der Waals surface area contributed by atoms with Gasteiger partial charge >= 0.3 is 12.1 Å². The van der Waals surface area contributed by atoms with E-state index in [9.17, 15) is 34.2 Å². The lowest BCUT2D eigenvalue weighted by atomic mass is 9.86. The van der Waals surface area contributed by atoms with Crippen LogP contribution in [0.15, 0.2) is 103 Å². The number of amides is 6. The minimum Gasteiger partial charge on any atom is -0.465 e. The zero-order chi connectivity index (χ0) is 42.7. The van der Waals surface area contributed by atoms with Crippen molar-refractivity contribution in [3.05, 3.63) is 120 Å². The van der Waals surface area contributed by atoms with E-state index in [0.29, 0.717) is 12.1 Å². The third-order valence-electron chi connectivity index (χ3n) is 10.4. The molecule has 0 radical (unpaired) electrons. The van der Waals surface area contributed by atoms with Crippen LogP contribution in [0.5, 0.6) is 0 Å². The van der Waals surface area contributed by atoms with Crippen LogP contribution in [0.3, 0.4) is 0 Å². The Morgan fingerprint density at radius 2 is 1.51 bits per heavy atom. The maximum Gasteiger partial charge on any atom is 0.405 e. The topological polar surface area (TPSA) is 197 Å². The van der Waals surface area contributed by atoms with Gasteiger partial charge in [0.25, 0.3) is 11.8 Å². The number of nitrogens with one attached hydrogen (secondary N) is 3. The fourth-order valence-electron chi connectivity index (χ4n) is 6.99. The minimum absolute atomic E-state index is 0.0370. The summed E-state index contributed by atoms with van der Waals surface area (Å²) in [6, 6.07) is 23.9. The molecule has 0 saturated carbocycles. The van der Waals surface area contributed by atoms with E-state index in [1.807, 2.05) is 86.6 Å². The lowest BCUT2D eigenvalue weighted by Gasteiger charge is -2.35. The Labute approximate surface area is 344 Å². The van der Waals surface area contributed by atoms with Crippen LogP contribution in [0.2, 0.25) is 0 Å². The lowest BCUT2D eigenvalue weighted by Crippen LogP contribution is -2.60. The van der Waals surface area contributed by atoms with Gasteiger partial charge in [-0.25, -0.2) is 14.6 Å². The number of aliphatic hydroxyl groups is 1. The Morgan fingerprint density at radius 1 is 0.847 bits per heavy atom. The van der Waals surface area contributed by atoms with Crippen molar-refractivity contribution in [2.75, 3.05) is 13.1 Å². The number of hydrogen-bond donors (Lipinski definition) is 5. The van der Waals surface area contributed by atoms with Crippen LogP contribution in [-0.2, 0) is 33.9 Å². The van der Waals surface area contributed by atoms with Crippen molar-refractivity contribution in [2.45, 2.75) is 84.8 Å². The van der Waals surface area contributed by atoms with E-state index in [-0.39, 0.29) is 38.5 Å². The molecule has 6 amide bonds. The van der Waals surface area contributed by atoms with Crippen molar-refractivity contribution in [3.8, 4) is 11.3 Å². The summed E-state index contributed by atoms with van der Waals surface area (Å²) >= 11 is 0. The number of nitrogens with zero attached hydrogens (tertiary/aromatic N) is 5. The Balaban J connectivity index is 1.42. The van der Waals surface area contributed by atoms with Gasteiger partial charge in [0.15, 0.2) is 0 Å². The maximum atomic E-state index is 14.4. The molecule has 312 valence electrons.